The highest BCUT2D eigenvalue weighted by Crippen LogP contribution is 2.68. The van der Waals surface area contributed by atoms with E-state index in [0.29, 0.717) is 36.2 Å². The molecule has 156 valence electrons. The van der Waals surface area contributed by atoms with E-state index >= 15 is 0 Å². The van der Waals surface area contributed by atoms with Crippen LogP contribution in [0.3, 0.4) is 0 Å². The van der Waals surface area contributed by atoms with E-state index in [4.69, 9.17) is 0 Å². The number of fused-ring (bicyclic) bond motifs is 5. The summed E-state index contributed by atoms with van der Waals surface area (Å²) in [4.78, 5) is 0. The van der Waals surface area contributed by atoms with Gasteiger partial charge in [0.05, 0.1) is 0 Å². The van der Waals surface area contributed by atoms with Gasteiger partial charge in [0.2, 0.25) is 0 Å². The average molecular weight is 379 g/mol. The zero-order valence-electron chi connectivity index (χ0n) is 17.8. The van der Waals surface area contributed by atoms with E-state index in [-0.39, 0.29) is 0 Å². The molecular formula is C24H42O3. The summed E-state index contributed by atoms with van der Waals surface area (Å²) in [6, 6.07) is 0. The average Bonchev–Trinajstić information content (AvgIpc) is 2.97. The highest BCUT2D eigenvalue weighted by Gasteiger charge is 2.61. The van der Waals surface area contributed by atoms with Crippen LogP contribution in [0, 0.1) is 46.3 Å². The minimum Gasteiger partial charge on any atom is -0.396 e. The van der Waals surface area contributed by atoms with Crippen LogP contribution < -0.4 is 0 Å². The van der Waals surface area contributed by atoms with Crippen molar-refractivity contribution < 1.29 is 15.3 Å². The van der Waals surface area contributed by atoms with Crippen molar-refractivity contribution in [3.63, 3.8) is 0 Å². The highest BCUT2D eigenvalue weighted by molar-refractivity contribution is 5.10. The highest BCUT2D eigenvalue weighted by atomic mass is 16.5. The van der Waals surface area contributed by atoms with Crippen LogP contribution in [0.15, 0.2) is 0 Å². The molecule has 3 N–H and O–H groups in total. The Morgan fingerprint density at radius 3 is 2.37 bits per heavy atom. The molecule has 0 spiro atoms. The summed E-state index contributed by atoms with van der Waals surface area (Å²) in [6.45, 7) is 7.85. The molecule has 4 rings (SSSR count). The van der Waals surface area contributed by atoms with Gasteiger partial charge in [-0.15, -0.1) is 0 Å². The van der Waals surface area contributed by atoms with Gasteiger partial charge in [0.1, 0.15) is 0 Å². The predicted octanol–water partition coefficient (Wildman–Crippen LogP) is 4.73. The van der Waals surface area contributed by atoms with Crippen molar-refractivity contribution in [1.82, 2.24) is 0 Å². The number of aliphatic hydroxyl groups excluding tert-OH is 1. The zero-order chi connectivity index (χ0) is 19.4. The Morgan fingerprint density at radius 2 is 1.63 bits per heavy atom. The molecule has 0 unspecified atom stereocenters. The third kappa shape index (κ3) is 3.20. The third-order valence-corrected chi connectivity index (χ3v) is 10.3. The molecule has 4 saturated carbocycles. The maximum absolute atomic E-state index is 10.2. The van der Waals surface area contributed by atoms with Crippen LogP contribution in [0.5, 0.6) is 0 Å². The number of hydrogen-bond acceptors (Lipinski definition) is 3. The lowest BCUT2D eigenvalue weighted by Crippen LogP contribution is -2.56. The first-order valence-corrected chi connectivity index (χ1v) is 11.8. The predicted molar refractivity (Wildman–Crippen MR) is 108 cm³/mol. The molecule has 4 fully saturated rings. The Hall–Kier alpha value is -0.120. The van der Waals surface area contributed by atoms with Crippen LogP contribution in [0.25, 0.3) is 0 Å². The van der Waals surface area contributed by atoms with Crippen molar-refractivity contribution in [2.45, 2.75) is 97.2 Å². The van der Waals surface area contributed by atoms with Crippen molar-refractivity contribution in [2.75, 3.05) is 6.61 Å². The topological polar surface area (TPSA) is 60.7 Å². The molecule has 0 amide bonds. The normalized spacial score (nSPS) is 49.8. The minimum absolute atomic E-state index is 0.319. The fourth-order valence-electron chi connectivity index (χ4n) is 8.82. The van der Waals surface area contributed by atoms with Crippen LogP contribution in [0.2, 0.25) is 0 Å². The lowest BCUT2D eigenvalue weighted by molar-refractivity contribution is -0.233. The van der Waals surface area contributed by atoms with Crippen molar-refractivity contribution in [2.24, 2.45) is 46.3 Å². The van der Waals surface area contributed by atoms with Crippen molar-refractivity contribution in [3.05, 3.63) is 0 Å². The van der Waals surface area contributed by atoms with E-state index in [1.165, 1.54) is 44.9 Å². The molecule has 3 nitrogen and oxygen atoms in total. The molecule has 0 heterocycles. The number of rotatable bonds is 4. The monoisotopic (exact) mass is 378 g/mol. The molecule has 27 heavy (non-hydrogen) atoms. The molecule has 4 aliphatic rings. The minimum atomic E-state index is -1.42. The lowest BCUT2D eigenvalue weighted by atomic mass is 9.44. The molecule has 3 heteroatoms. The maximum atomic E-state index is 10.2. The van der Waals surface area contributed by atoms with Gasteiger partial charge < -0.3 is 15.3 Å². The van der Waals surface area contributed by atoms with Gasteiger partial charge in [-0.05, 0) is 104 Å². The fraction of sp³-hybridized carbons (Fsp3) is 1.00. The summed E-state index contributed by atoms with van der Waals surface area (Å²) in [5, 5.41) is 29.7. The lowest BCUT2D eigenvalue weighted by Gasteiger charge is -2.61. The van der Waals surface area contributed by atoms with E-state index in [9.17, 15) is 15.3 Å². The molecule has 0 aromatic heterocycles. The van der Waals surface area contributed by atoms with Gasteiger partial charge >= 0.3 is 0 Å². The van der Waals surface area contributed by atoms with Crippen LogP contribution in [0.4, 0.5) is 0 Å². The first kappa shape index (κ1) is 20.2. The van der Waals surface area contributed by atoms with E-state index in [2.05, 4.69) is 20.8 Å². The van der Waals surface area contributed by atoms with Gasteiger partial charge in [-0.2, -0.15) is 0 Å². The molecule has 0 saturated heterocycles. The second kappa shape index (κ2) is 6.99. The molecular weight excluding hydrogens is 336 g/mol. The third-order valence-electron chi connectivity index (χ3n) is 10.3. The summed E-state index contributed by atoms with van der Waals surface area (Å²) in [5.41, 5.74) is 0.811. The first-order valence-electron chi connectivity index (χ1n) is 11.8. The number of hydrogen-bond donors (Lipinski definition) is 3. The van der Waals surface area contributed by atoms with E-state index in [0.717, 1.165) is 42.4 Å². The molecule has 8 atom stereocenters. The van der Waals surface area contributed by atoms with Gasteiger partial charge in [0.25, 0.3) is 0 Å². The quantitative estimate of drug-likeness (QED) is 0.620. The summed E-state index contributed by atoms with van der Waals surface area (Å²) >= 11 is 0. The van der Waals surface area contributed by atoms with Crippen molar-refractivity contribution >= 4 is 0 Å². The summed E-state index contributed by atoms with van der Waals surface area (Å²) < 4.78 is 0. The van der Waals surface area contributed by atoms with Crippen molar-refractivity contribution in [3.8, 4) is 0 Å². The molecule has 0 aromatic rings. The second-order valence-corrected chi connectivity index (χ2v) is 11.4. The summed E-state index contributed by atoms with van der Waals surface area (Å²) in [7, 11) is 0. The van der Waals surface area contributed by atoms with Crippen LogP contribution >= 0.6 is 0 Å². The standard InChI is InChI=1S/C24H42O3/c1-16(5-4-14-25)19-8-9-20-18-7-6-17-15-24(26,27)13-12-22(17,2)21(18)10-11-23(19,20)3/h16-21,25-27H,4-15H2,1-3H3/t16-,17+,18+,19-,20+,21+,22+,23-/m1/s1. The van der Waals surface area contributed by atoms with Crippen LogP contribution in [0.1, 0.15) is 91.4 Å². The van der Waals surface area contributed by atoms with Gasteiger partial charge in [-0.25, -0.2) is 0 Å². The van der Waals surface area contributed by atoms with Gasteiger partial charge in [0.15, 0.2) is 5.79 Å². The second-order valence-electron chi connectivity index (χ2n) is 11.4. The van der Waals surface area contributed by atoms with E-state index in [1.807, 2.05) is 0 Å². The van der Waals surface area contributed by atoms with Gasteiger partial charge in [0, 0.05) is 19.4 Å². The fourth-order valence-corrected chi connectivity index (χ4v) is 8.82. The molecule has 0 bridgehead atoms. The Bertz CT molecular complexity index is 546. The molecule has 0 aliphatic heterocycles. The van der Waals surface area contributed by atoms with Gasteiger partial charge in [-0.3, -0.25) is 0 Å². The molecule has 0 radical (unpaired) electrons. The van der Waals surface area contributed by atoms with Crippen molar-refractivity contribution in [1.29, 1.82) is 0 Å². The Labute approximate surface area is 165 Å². The van der Waals surface area contributed by atoms with Crippen LogP contribution in [-0.4, -0.2) is 27.7 Å². The Kier molecular flexibility index (Phi) is 5.22. The molecule has 4 aliphatic carbocycles. The Balaban J connectivity index is 1.52. The van der Waals surface area contributed by atoms with Crippen LogP contribution in [-0.2, 0) is 0 Å². The van der Waals surface area contributed by atoms with E-state index < -0.39 is 5.79 Å². The van der Waals surface area contributed by atoms with Gasteiger partial charge in [-0.1, -0.05) is 20.8 Å². The number of aliphatic hydroxyl groups is 3. The maximum Gasteiger partial charge on any atom is 0.162 e. The first-order chi connectivity index (χ1) is 12.7. The van der Waals surface area contributed by atoms with E-state index in [1.54, 1.807) is 0 Å². The largest absolute Gasteiger partial charge is 0.396 e. The summed E-state index contributed by atoms with van der Waals surface area (Å²) in [5.74, 6) is 3.14. The zero-order valence-corrected chi connectivity index (χ0v) is 17.8. The molecule has 0 aromatic carbocycles. The smallest absolute Gasteiger partial charge is 0.162 e. The summed E-state index contributed by atoms with van der Waals surface area (Å²) in [6.07, 6.45) is 12.3. The Morgan fingerprint density at radius 1 is 0.889 bits per heavy atom. The SMILES string of the molecule is C[C@H](CCCO)[C@H]1CC[C@H]2[C@@H]3CC[C@H]4CC(O)(O)CC[C@]4(C)[C@H]3CC[C@]12C.